The van der Waals surface area contributed by atoms with Crippen LogP contribution in [0.4, 0.5) is 0 Å². The molecule has 128 valence electrons. The first-order valence-corrected chi connectivity index (χ1v) is 7.94. The SMILES string of the molecule is O=C(c1c(O)c2ccc(Cl)cc2[nH]c1=O)N(O)CCc1ccccc1. The number of H-pyrrole nitrogens is 1. The van der Waals surface area contributed by atoms with Gasteiger partial charge in [0.1, 0.15) is 11.3 Å². The Labute approximate surface area is 147 Å². The van der Waals surface area contributed by atoms with Crippen LogP contribution in [0.5, 0.6) is 5.75 Å². The molecule has 0 aliphatic heterocycles. The molecule has 0 saturated heterocycles. The van der Waals surface area contributed by atoms with Gasteiger partial charge in [-0.15, -0.1) is 0 Å². The molecule has 6 nitrogen and oxygen atoms in total. The van der Waals surface area contributed by atoms with E-state index in [1.54, 1.807) is 0 Å². The van der Waals surface area contributed by atoms with Crippen molar-refractivity contribution in [3.63, 3.8) is 0 Å². The molecule has 1 heterocycles. The van der Waals surface area contributed by atoms with E-state index in [0.29, 0.717) is 22.0 Å². The fraction of sp³-hybridized carbons (Fsp3) is 0.111. The number of aromatic amines is 1. The molecule has 1 aromatic heterocycles. The van der Waals surface area contributed by atoms with Crippen LogP contribution in [0.15, 0.2) is 53.3 Å². The Balaban J connectivity index is 1.88. The third-order valence-electron chi connectivity index (χ3n) is 3.85. The van der Waals surface area contributed by atoms with Crippen molar-refractivity contribution in [3.05, 3.63) is 75.0 Å². The van der Waals surface area contributed by atoms with Gasteiger partial charge in [0.15, 0.2) is 0 Å². The van der Waals surface area contributed by atoms with Crippen LogP contribution in [0.2, 0.25) is 5.02 Å². The fourth-order valence-corrected chi connectivity index (χ4v) is 2.73. The van der Waals surface area contributed by atoms with Crippen LogP contribution >= 0.6 is 11.6 Å². The number of nitrogens with one attached hydrogen (secondary N) is 1. The van der Waals surface area contributed by atoms with E-state index in [4.69, 9.17) is 11.6 Å². The Morgan fingerprint density at radius 3 is 2.60 bits per heavy atom. The van der Waals surface area contributed by atoms with E-state index in [0.717, 1.165) is 5.56 Å². The molecule has 2 aromatic carbocycles. The second-order valence-corrected chi connectivity index (χ2v) is 5.97. The van der Waals surface area contributed by atoms with Crippen LogP contribution < -0.4 is 5.56 Å². The summed E-state index contributed by atoms with van der Waals surface area (Å²) in [5, 5.41) is 21.4. The lowest BCUT2D eigenvalue weighted by molar-refractivity contribution is -0.0574. The van der Waals surface area contributed by atoms with E-state index in [2.05, 4.69) is 4.98 Å². The summed E-state index contributed by atoms with van der Waals surface area (Å²) in [5.41, 5.74) is -0.0672. The van der Waals surface area contributed by atoms with Crippen molar-refractivity contribution in [3.8, 4) is 5.75 Å². The number of benzene rings is 2. The third-order valence-corrected chi connectivity index (χ3v) is 4.09. The molecule has 3 N–H and O–H groups in total. The number of carbonyl (C=O) groups excluding carboxylic acids is 1. The summed E-state index contributed by atoms with van der Waals surface area (Å²) >= 11 is 5.86. The molecule has 0 aliphatic rings. The average Bonchev–Trinajstić information content (AvgIpc) is 2.60. The van der Waals surface area contributed by atoms with Gasteiger partial charge in [0.2, 0.25) is 0 Å². The predicted molar refractivity (Wildman–Crippen MR) is 94.2 cm³/mol. The Morgan fingerprint density at radius 2 is 1.88 bits per heavy atom. The summed E-state index contributed by atoms with van der Waals surface area (Å²) in [5.74, 6) is -1.45. The Morgan fingerprint density at radius 1 is 1.16 bits per heavy atom. The maximum Gasteiger partial charge on any atom is 0.286 e. The van der Waals surface area contributed by atoms with E-state index in [9.17, 15) is 19.9 Å². The number of rotatable bonds is 4. The first-order chi connectivity index (χ1) is 12.0. The number of pyridine rings is 1. The van der Waals surface area contributed by atoms with Crippen molar-refractivity contribution in [1.29, 1.82) is 0 Å². The van der Waals surface area contributed by atoms with Crippen molar-refractivity contribution in [2.24, 2.45) is 0 Å². The Hall–Kier alpha value is -2.83. The lowest BCUT2D eigenvalue weighted by atomic mass is 10.1. The second kappa shape index (κ2) is 6.96. The molecule has 3 rings (SSSR count). The van der Waals surface area contributed by atoms with Gasteiger partial charge in [-0.1, -0.05) is 41.9 Å². The van der Waals surface area contributed by atoms with Crippen molar-refractivity contribution < 1.29 is 15.1 Å². The maximum absolute atomic E-state index is 12.4. The molecule has 7 heteroatoms. The van der Waals surface area contributed by atoms with Gasteiger partial charge >= 0.3 is 0 Å². The van der Waals surface area contributed by atoms with Gasteiger partial charge in [-0.05, 0) is 30.2 Å². The van der Waals surface area contributed by atoms with Gasteiger partial charge in [0, 0.05) is 10.4 Å². The van der Waals surface area contributed by atoms with E-state index in [1.165, 1.54) is 18.2 Å². The lowest BCUT2D eigenvalue weighted by Crippen LogP contribution is -2.33. The first-order valence-electron chi connectivity index (χ1n) is 7.56. The number of nitrogens with zero attached hydrogens (tertiary/aromatic N) is 1. The summed E-state index contributed by atoms with van der Waals surface area (Å²) < 4.78 is 0. The molecule has 0 radical (unpaired) electrons. The number of carbonyl (C=O) groups is 1. The highest BCUT2D eigenvalue weighted by molar-refractivity contribution is 6.31. The minimum Gasteiger partial charge on any atom is -0.506 e. The standard InChI is InChI=1S/C18H15ClN2O4/c19-12-6-7-13-14(10-12)20-17(23)15(16(13)22)18(24)21(25)9-8-11-4-2-1-3-5-11/h1-7,10,25H,8-9H2,(H2,20,22,23). The highest BCUT2D eigenvalue weighted by Crippen LogP contribution is 2.27. The monoisotopic (exact) mass is 358 g/mol. The van der Waals surface area contributed by atoms with Crippen LogP contribution in [0, 0.1) is 0 Å². The van der Waals surface area contributed by atoms with E-state index in [-0.39, 0.29) is 11.9 Å². The molecule has 0 fully saturated rings. The Bertz CT molecular complexity index is 986. The molecular weight excluding hydrogens is 344 g/mol. The van der Waals surface area contributed by atoms with Gasteiger partial charge in [-0.25, -0.2) is 5.06 Å². The smallest absolute Gasteiger partial charge is 0.286 e. The molecule has 0 saturated carbocycles. The number of fused-ring (bicyclic) bond motifs is 1. The molecule has 25 heavy (non-hydrogen) atoms. The van der Waals surface area contributed by atoms with E-state index < -0.39 is 22.8 Å². The molecule has 0 aliphatic carbocycles. The number of halogens is 1. The zero-order chi connectivity index (χ0) is 18.0. The fourth-order valence-electron chi connectivity index (χ4n) is 2.56. The average molecular weight is 359 g/mol. The summed E-state index contributed by atoms with van der Waals surface area (Å²) in [4.78, 5) is 27.0. The highest BCUT2D eigenvalue weighted by atomic mass is 35.5. The quantitative estimate of drug-likeness (QED) is 0.493. The van der Waals surface area contributed by atoms with Crippen molar-refractivity contribution in [2.75, 3.05) is 6.54 Å². The van der Waals surface area contributed by atoms with E-state index >= 15 is 0 Å². The topological polar surface area (TPSA) is 93.6 Å². The normalized spacial score (nSPS) is 10.8. The molecular formula is C18H15ClN2O4. The van der Waals surface area contributed by atoms with Crippen LogP contribution in [-0.4, -0.2) is 32.8 Å². The largest absolute Gasteiger partial charge is 0.506 e. The molecule has 0 spiro atoms. The summed E-state index contributed by atoms with van der Waals surface area (Å²) in [6, 6.07) is 13.8. The van der Waals surface area contributed by atoms with Crippen LogP contribution in [0.25, 0.3) is 10.9 Å². The number of amides is 1. The lowest BCUT2D eigenvalue weighted by Gasteiger charge is -2.16. The number of hydroxylamine groups is 2. The molecule has 0 atom stereocenters. The summed E-state index contributed by atoms with van der Waals surface area (Å²) in [6.07, 6.45) is 0.408. The molecule has 0 unspecified atom stereocenters. The maximum atomic E-state index is 12.4. The summed E-state index contributed by atoms with van der Waals surface area (Å²) in [6.45, 7) is -0.0135. The van der Waals surface area contributed by atoms with Crippen molar-refractivity contribution in [2.45, 2.75) is 6.42 Å². The third kappa shape index (κ3) is 3.50. The highest BCUT2D eigenvalue weighted by Gasteiger charge is 2.23. The van der Waals surface area contributed by atoms with Crippen LogP contribution in [0.3, 0.4) is 0 Å². The molecule has 0 bridgehead atoms. The number of hydrogen-bond donors (Lipinski definition) is 3. The van der Waals surface area contributed by atoms with Crippen LogP contribution in [0.1, 0.15) is 15.9 Å². The van der Waals surface area contributed by atoms with Gasteiger partial charge in [-0.3, -0.25) is 14.8 Å². The minimum absolute atomic E-state index is 0.0135. The Kier molecular flexibility index (Phi) is 4.74. The molecule has 3 aromatic rings. The van der Waals surface area contributed by atoms with Gasteiger partial charge in [-0.2, -0.15) is 0 Å². The van der Waals surface area contributed by atoms with Gasteiger partial charge in [0.25, 0.3) is 11.5 Å². The van der Waals surface area contributed by atoms with Crippen molar-refractivity contribution in [1.82, 2.24) is 10.0 Å². The van der Waals surface area contributed by atoms with Gasteiger partial charge in [0.05, 0.1) is 12.1 Å². The van der Waals surface area contributed by atoms with Gasteiger partial charge < -0.3 is 10.1 Å². The molecule has 1 amide bonds. The van der Waals surface area contributed by atoms with Crippen molar-refractivity contribution >= 4 is 28.4 Å². The predicted octanol–water partition coefficient (Wildman–Crippen LogP) is 2.96. The number of aromatic nitrogens is 1. The first kappa shape index (κ1) is 17.0. The minimum atomic E-state index is -0.966. The van der Waals surface area contributed by atoms with E-state index in [1.807, 2.05) is 30.3 Å². The second-order valence-electron chi connectivity index (χ2n) is 5.53. The number of hydrogen-bond acceptors (Lipinski definition) is 4. The van der Waals surface area contributed by atoms with Crippen LogP contribution in [-0.2, 0) is 6.42 Å². The summed E-state index contributed by atoms with van der Waals surface area (Å²) in [7, 11) is 0. The zero-order valence-corrected chi connectivity index (χ0v) is 13.8. The number of aromatic hydroxyl groups is 1. The zero-order valence-electron chi connectivity index (χ0n) is 13.1.